The molecular formula is C82H51BBrF2N4O6. The van der Waals surface area contributed by atoms with Gasteiger partial charge in [0.25, 0.3) is 0 Å². The molecular weight excluding hydrogens is 1270 g/mol. The molecule has 0 aliphatic rings. The molecule has 14 aromatic carbocycles. The number of rotatable bonds is 9. The molecule has 0 bridgehead atoms. The lowest BCUT2D eigenvalue weighted by atomic mass is 9.93. The van der Waals surface area contributed by atoms with Crippen molar-refractivity contribution in [1.82, 2.24) is 19.9 Å². The zero-order valence-corrected chi connectivity index (χ0v) is 53.0. The molecule has 0 amide bonds. The predicted molar refractivity (Wildman–Crippen MR) is 387 cm³/mol. The first-order valence-electron chi connectivity index (χ1n) is 30.9. The molecule has 0 atom stereocenters. The average molecular weight is 1320 g/mol. The van der Waals surface area contributed by atoms with Gasteiger partial charge in [-0.05, 0) is 135 Å². The molecule has 459 valence electrons. The molecule has 0 saturated carbocycles. The fraction of sp³-hybridized carbons (Fsp3) is 0.0244. The molecule has 0 fully saturated rings. The highest BCUT2D eigenvalue weighted by Gasteiger charge is 2.26. The van der Waals surface area contributed by atoms with Crippen LogP contribution in [0.3, 0.4) is 0 Å². The van der Waals surface area contributed by atoms with E-state index in [2.05, 4.69) is 149 Å². The molecule has 14 heteroatoms. The van der Waals surface area contributed by atoms with E-state index < -0.39 is 0 Å². The first-order valence-corrected chi connectivity index (χ1v) is 31.7. The van der Waals surface area contributed by atoms with Gasteiger partial charge in [-0.25, -0.2) is 28.7 Å². The summed E-state index contributed by atoms with van der Waals surface area (Å²) in [7, 11) is 3.72. The Morgan fingerprint density at radius 1 is 0.344 bits per heavy atom. The molecule has 4 heterocycles. The lowest BCUT2D eigenvalue weighted by Crippen LogP contribution is -2.01. The number of halogens is 3. The Labute approximate surface area is 556 Å². The van der Waals surface area contributed by atoms with Crippen LogP contribution in [0.1, 0.15) is 0 Å². The van der Waals surface area contributed by atoms with Crippen LogP contribution in [0.4, 0.5) is 8.78 Å². The minimum atomic E-state index is -0.333. The summed E-state index contributed by atoms with van der Waals surface area (Å²) < 4.78 is 57.4. The van der Waals surface area contributed by atoms with Gasteiger partial charge < -0.3 is 28.0 Å². The summed E-state index contributed by atoms with van der Waals surface area (Å²) in [6, 6.07) is 87.4. The van der Waals surface area contributed by atoms with Crippen LogP contribution in [0, 0.1) is 11.6 Å². The van der Waals surface area contributed by atoms with E-state index in [0.29, 0.717) is 96.9 Å². The van der Waals surface area contributed by atoms with Gasteiger partial charge >= 0.3 is 7.69 Å². The van der Waals surface area contributed by atoms with Crippen LogP contribution in [0.2, 0.25) is 0 Å². The minimum Gasteiger partial charge on any atom is -0.535 e. The first kappa shape index (κ1) is 59.2. The van der Waals surface area contributed by atoms with E-state index in [4.69, 9.17) is 42.9 Å². The van der Waals surface area contributed by atoms with Crippen molar-refractivity contribution in [1.29, 1.82) is 0 Å². The maximum Gasteiger partial charge on any atom is 0.569 e. The third-order valence-electron chi connectivity index (χ3n) is 17.5. The van der Waals surface area contributed by atoms with Gasteiger partial charge in [-0.3, -0.25) is 0 Å². The average Bonchev–Trinajstić information content (AvgIpc) is 0.803. The molecule has 1 N–H and O–H groups in total. The van der Waals surface area contributed by atoms with Gasteiger partial charge in [-0.2, -0.15) is 0 Å². The Hall–Kier alpha value is -11.8. The Kier molecular flexibility index (Phi) is 15.4. The van der Waals surface area contributed by atoms with Crippen molar-refractivity contribution < 1.29 is 36.8 Å². The van der Waals surface area contributed by atoms with Crippen LogP contribution in [0.5, 0.6) is 17.2 Å². The number of ether oxygens (including phenoxy) is 2. The number of aromatic nitrogens is 4. The lowest BCUT2D eigenvalue weighted by molar-refractivity contribution is 0.380. The maximum atomic E-state index is 14.9. The van der Waals surface area contributed by atoms with Gasteiger partial charge in [0.1, 0.15) is 39.8 Å². The quantitative estimate of drug-likeness (QED) is 0.110. The zero-order chi connectivity index (χ0) is 65.0. The van der Waals surface area contributed by atoms with Gasteiger partial charge in [-0.1, -0.05) is 212 Å². The molecule has 4 aromatic heterocycles. The fourth-order valence-electron chi connectivity index (χ4n) is 13.2. The summed E-state index contributed by atoms with van der Waals surface area (Å²) in [5.41, 5.74) is 9.38. The first-order chi connectivity index (χ1) is 47.2. The smallest absolute Gasteiger partial charge is 0.535 e. The topological polar surface area (TPSA) is 126 Å². The van der Waals surface area contributed by atoms with Crippen LogP contribution in [0.15, 0.2) is 280 Å². The highest BCUT2D eigenvalue weighted by atomic mass is 79.9. The number of fused-ring (bicyclic) bond motifs is 18. The molecule has 0 aliphatic heterocycles. The number of benzene rings is 14. The normalized spacial score (nSPS) is 11.4. The van der Waals surface area contributed by atoms with Crippen LogP contribution >= 0.6 is 15.9 Å². The molecule has 1 radical (unpaired) electrons. The van der Waals surface area contributed by atoms with Crippen LogP contribution < -0.4 is 14.1 Å². The Bertz CT molecular complexity index is 6000. The number of hydrogen-bond acceptors (Lipinski definition) is 10. The van der Waals surface area contributed by atoms with E-state index in [1.165, 1.54) is 73.1 Å². The van der Waals surface area contributed by atoms with Crippen molar-refractivity contribution in [2.75, 3.05) is 14.2 Å². The number of methoxy groups -OCH3 is 2. The summed E-state index contributed by atoms with van der Waals surface area (Å²) in [6.07, 6.45) is 0. The van der Waals surface area contributed by atoms with Crippen molar-refractivity contribution in [2.24, 2.45) is 0 Å². The summed E-state index contributed by atoms with van der Waals surface area (Å²) in [5.74, 6) is 1.77. The highest BCUT2D eigenvalue weighted by molar-refractivity contribution is 9.10. The van der Waals surface area contributed by atoms with Crippen molar-refractivity contribution in [3.8, 4) is 73.7 Å². The van der Waals surface area contributed by atoms with Crippen LogP contribution in [-0.2, 0) is 0 Å². The SMILES string of the molecule is COc1c(-c2ccccc2F)ccc2c1oc1c(-c3ccccc3)nc(-c3ccc4c5ccccc5c5ccccc5c4c3)nc12.COc1c(O[B]O)ccc2c1oc1c(-c3ccccc3)nc(-c3ccc4c5ccccc5c5ccccc5c4c3)nc12.Fc1ccccc1Br. The summed E-state index contributed by atoms with van der Waals surface area (Å²) in [6.45, 7) is 0. The third-order valence-corrected chi connectivity index (χ3v) is 18.2. The van der Waals surface area contributed by atoms with Gasteiger partial charge in [0.05, 0.1) is 29.5 Å². The van der Waals surface area contributed by atoms with Gasteiger partial charge in [0.15, 0.2) is 39.7 Å². The number of nitrogens with zero attached hydrogens (tertiary/aromatic N) is 4. The zero-order valence-electron chi connectivity index (χ0n) is 51.4. The maximum absolute atomic E-state index is 14.9. The van der Waals surface area contributed by atoms with E-state index in [-0.39, 0.29) is 11.6 Å². The van der Waals surface area contributed by atoms with E-state index in [9.17, 15) is 13.8 Å². The second-order valence-electron chi connectivity index (χ2n) is 22.9. The van der Waals surface area contributed by atoms with E-state index >= 15 is 0 Å². The Morgan fingerprint density at radius 2 is 0.719 bits per heavy atom. The summed E-state index contributed by atoms with van der Waals surface area (Å²) >= 11 is 3.02. The largest absolute Gasteiger partial charge is 0.569 e. The summed E-state index contributed by atoms with van der Waals surface area (Å²) in [5, 5.41) is 25.1. The minimum absolute atomic E-state index is 0.215. The van der Waals surface area contributed by atoms with Gasteiger partial charge in [0, 0.05) is 33.4 Å². The Morgan fingerprint density at radius 3 is 1.14 bits per heavy atom. The second-order valence-corrected chi connectivity index (χ2v) is 23.8. The molecule has 0 saturated heterocycles. The molecule has 10 nitrogen and oxygen atoms in total. The Balaban J connectivity index is 0.000000136. The predicted octanol–water partition coefficient (Wildman–Crippen LogP) is 21.7. The third kappa shape index (κ3) is 10.3. The van der Waals surface area contributed by atoms with Gasteiger partial charge in [-0.15, -0.1) is 0 Å². The second kappa shape index (κ2) is 24.9. The van der Waals surface area contributed by atoms with Crippen molar-refractivity contribution in [2.45, 2.75) is 0 Å². The molecule has 96 heavy (non-hydrogen) atoms. The molecule has 0 spiro atoms. The van der Waals surface area contributed by atoms with Crippen molar-refractivity contribution >= 4 is 132 Å². The summed E-state index contributed by atoms with van der Waals surface area (Å²) in [4.78, 5) is 20.4. The number of hydrogen-bond donors (Lipinski definition) is 1. The standard InChI is InChI=1S/C41H25FN2O2.C35H22BN2O4.C6H4BrF/c1-45-38-32(31-17-9-10-18-35(31)42)21-22-33-37-40(46-39(33)38)36(24-11-3-2-4-12-24)43-41(44-37)25-19-20-30-28-15-6-5-13-26(28)27-14-7-8-16-29(27)34(30)23-25;1-40-33-29(42-36-39)18-17-27-31-34(41-32(27)33)30(20-9-3-2-4-10-20)37-35(38-31)21-15-16-26-24-13-6-5-11-22(24)23-12-7-8-14-25(23)28(26)19-21;7-5-3-1-2-4-6(5)8/h2-23H,1H3;2-19,39H,1H3;1-4H. The molecule has 0 aliphatic carbocycles. The highest BCUT2D eigenvalue weighted by Crippen LogP contribution is 2.47. The van der Waals surface area contributed by atoms with Gasteiger partial charge in [0.2, 0.25) is 5.75 Å². The fourth-order valence-corrected chi connectivity index (χ4v) is 13.4. The van der Waals surface area contributed by atoms with E-state index in [1.54, 1.807) is 43.5 Å². The molecule has 0 unspecified atom stereocenters. The van der Waals surface area contributed by atoms with Crippen LogP contribution in [-0.4, -0.2) is 46.9 Å². The monoisotopic (exact) mass is 1320 g/mol. The van der Waals surface area contributed by atoms with Crippen molar-refractivity contribution in [3.63, 3.8) is 0 Å². The van der Waals surface area contributed by atoms with Crippen molar-refractivity contribution in [3.05, 3.63) is 283 Å². The van der Waals surface area contributed by atoms with Crippen LogP contribution in [0.25, 0.3) is 165 Å². The van der Waals surface area contributed by atoms with E-state index in [0.717, 1.165) is 43.8 Å². The number of furan rings is 2. The molecule has 18 aromatic rings. The molecule has 18 rings (SSSR count). The lowest BCUT2D eigenvalue weighted by Gasteiger charge is -2.12. The van der Waals surface area contributed by atoms with E-state index in [1.807, 2.05) is 84.9 Å².